The molecule has 4 nitrogen and oxygen atoms in total. The first-order valence-corrected chi connectivity index (χ1v) is 10.7. The van der Waals surface area contributed by atoms with Crippen LogP contribution in [0.15, 0.2) is 53.4 Å². The number of thioether (sulfide) groups is 1. The highest BCUT2D eigenvalue weighted by Gasteiger charge is 2.26. The lowest BCUT2D eigenvalue weighted by Crippen LogP contribution is -2.38. The lowest BCUT2D eigenvalue weighted by molar-refractivity contribution is 0.0811. The molecule has 1 fully saturated rings. The lowest BCUT2D eigenvalue weighted by Gasteiger charge is -2.32. The second-order valence-corrected chi connectivity index (χ2v) is 7.76. The van der Waals surface area contributed by atoms with Crippen LogP contribution in [0.25, 0.3) is 0 Å². The fraction of sp³-hybridized carbons (Fsp3) is 0.409. The van der Waals surface area contributed by atoms with Gasteiger partial charge in [-0.15, -0.1) is 11.8 Å². The maximum absolute atomic E-state index is 12.9. The molecule has 0 spiro atoms. The summed E-state index contributed by atoms with van der Waals surface area (Å²) in [7, 11) is 0. The maximum Gasteiger partial charge on any atom is 0.167 e. The van der Waals surface area contributed by atoms with Crippen LogP contribution in [0.1, 0.15) is 28.8 Å². The van der Waals surface area contributed by atoms with Gasteiger partial charge < -0.3 is 9.84 Å². The van der Waals surface area contributed by atoms with Crippen molar-refractivity contribution in [1.82, 2.24) is 4.90 Å². The molecular formula is C22H27NO3S. The van der Waals surface area contributed by atoms with Crippen molar-refractivity contribution in [2.24, 2.45) is 5.92 Å². The Hall–Kier alpha value is -1.82. The molecule has 0 radical (unpaired) electrons. The molecule has 2 aromatic carbocycles. The van der Waals surface area contributed by atoms with E-state index in [9.17, 15) is 4.79 Å². The summed E-state index contributed by atoms with van der Waals surface area (Å²) in [6, 6.07) is 15.9. The largest absolute Gasteiger partial charge is 0.491 e. The quantitative estimate of drug-likeness (QED) is 0.552. The Morgan fingerprint density at radius 1 is 1.19 bits per heavy atom. The summed E-state index contributed by atoms with van der Waals surface area (Å²) in [4.78, 5) is 16.4. The van der Waals surface area contributed by atoms with E-state index in [2.05, 4.69) is 17.0 Å². The summed E-state index contributed by atoms with van der Waals surface area (Å²) in [5.74, 6) is 1.11. The number of carbonyl (C=O) groups is 1. The summed E-state index contributed by atoms with van der Waals surface area (Å²) in [6.45, 7) is 3.01. The second kappa shape index (κ2) is 9.93. The van der Waals surface area contributed by atoms with Gasteiger partial charge in [0.25, 0.3) is 0 Å². The predicted molar refractivity (Wildman–Crippen MR) is 110 cm³/mol. The van der Waals surface area contributed by atoms with Gasteiger partial charge in [0.15, 0.2) is 5.78 Å². The number of benzene rings is 2. The first-order chi connectivity index (χ1) is 13.2. The smallest absolute Gasteiger partial charge is 0.167 e. The third-order valence-electron chi connectivity index (χ3n) is 4.94. The molecule has 0 aliphatic carbocycles. The van der Waals surface area contributed by atoms with Gasteiger partial charge in [0.2, 0.25) is 0 Å². The number of Topliss-reactive ketones (excluding diaryl/α,β-unsaturated/α-hetero) is 1. The molecule has 1 aliphatic rings. The minimum atomic E-state index is 0.0188. The van der Waals surface area contributed by atoms with Crippen molar-refractivity contribution in [3.8, 4) is 5.75 Å². The first-order valence-electron chi connectivity index (χ1n) is 9.43. The second-order valence-electron chi connectivity index (χ2n) is 6.88. The zero-order chi connectivity index (χ0) is 19.1. The van der Waals surface area contributed by atoms with Crippen molar-refractivity contribution in [3.63, 3.8) is 0 Å². The molecule has 1 atom stereocenters. The highest BCUT2D eigenvalue weighted by Crippen LogP contribution is 2.24. The van der Waals surface area contributed by atoms with Gasteiger partial charge >= 0.3 is 0 Å². The van der Waals surface area contributed by atoms with Crippen molar-refractivity contribution in [1.29, 1.82) is 0 Å². The Balaban J connectivity index is 1.57. The van der Waals surface area contributed by atoms with Gasteiger partial charge in [-0.25, -0.2) is 0 Å². The molecule has 0 saturated carbocycles. The molecule has 0 aromatic heterocycles. The number of hydrogen-bond donors (Lipinski definition) is 1. The van der Waals surface area contributed by atoms with Crippen molar-refractivity contribution >= 4 is 17.5 Å². The molecule has 0 bridgehead atoms. The van der Waals surface area contributed by atoms with E-state index in [4.69, 9.17) is 9.84 Å². The number of aliphatic hydroxyl groups is 1. The molecule has 1 N–H and O–H groups in total. The Labute approximate surface area is 165 Å². The van der Waals surface area contributed by atoms with Gasteiger partial charge in [0.05, 0.1) is 6.61 Å². The highest BCUT2D eigenvalue weighted by atomic mass is 32.2. The molecule has 3 rings (SSSR count). The number of ether oxygens (including phenoxy) is 1. The summed E-state index contributed by atoms with van der Waals surface area (Å²) in [5, 5.41) is 8.82. The van der Waals surface area contributed by atoms with E-state index in [1.807, 2.05) is 42.7 Å². The molecular weight excluding hydrogens is 358 g/mol. The number of rotatable bonds is 8. The Bertz CT molecular complexity index is 730. The number of likely N-dealkylation sites (tertiary alicyclic amines) is 1. The van der Waals surface area contributed by atoms with E-state index in [1.54, 1.807) is 11.8 Å². The Morgan fingerprint density at radius 2 is 1.93 bits per heavy atom. The zero-order valence-corrected chi connectivity index (χ0v) is 16.6. The van der Waals surface area contributed by atoms with Crippen LogP contribution >= 0.6 is 11.8 Å². The average molecular weight is 386 g/mol. The van der Waals surface area contributed by atoms with Gasteiger partial charge in [0, 0.05) is 29.5 Å². The fourth-order valence-electron chi connectivity index (χ4n) is 3.52. The molecule has 27 heavy (non-hydrogen) atoms. The van der Waals surface area contributed by atoms with Gasteiger partial charge in [-0.3, -0.25) is 9.69 Å². The standard InChI is InChI=1S/C22H27NO3S/c1-27-21-10-6-18(7-11-21)22(25)19-3-2-12-23(16-19)15-17-4-8-20(9-5-17)26-14-13-24/h4-11,19,24H,2-3,12-16H2,1H3. The molecule has 2 aromatic rings. The lowest BCUT2D eigenvalue weighted by atomic mass is 9.90. The van der Waals surface area contributed by atoms with Crippen molar-refractivity contribution in [3.05, 3.63) is 59.7 Å². The van der Waals surface area contributed by atoms with E-state index < -0.39 is 0 Å². The molecule has 1 unspecified atom stereocenters. The minimum Gasteiger partial charge on any atom is -0.491 e. The summed E-state index contributed by atoms with van der Waals surface area (Å²) in [6.07, 6.45) is 4.06. The van der Waals surface area contributed by atoms with Gasteiger partial charge in [0.1, 0.15) is 12.4 Å². The monoisotopic (exact) mass is 385 g/mol. The fourth-order valence-corrected chi connectivity index (χ4v) is 3.93. The van der Waals surface area contributed by atoms with Gasteiger partial charge in [-0.1, -0.05) is 24.3 Å². The van der Waals surface area contributed by atoms with Crippen LogP contribution in [-0.2, 0) is 6.54 Å². The van der Waals surface area contributed by atoms with Crippen LogP contribution in [0.4, 0.5) is 0 Å². The summed E-state index contributed by atoms with van der Waals surface area (Å²) in [5.41, 5.74) is 2.04. The Kier molecular flexibility index (Phi) is 7.33. The van der Waals surface area contributed by atoms with Crippen molar-refractivity contribution in [2.45, 2.75) is 24.3 Å². The van der Waals surface area contributed by atoms with Gasteiger partial charge in [-0.2, -0.15) is 0 Å². The number of aliphatic hydroxyl groups excluding tert-OH is 1. The number of piperidine rings is 1. The zero-order valence-electron chi connectivity index (χ0n) is 15.8. The number of ketones is 1. The molecule has 5 heteroatoms. The molecule has 0 amide bonds. The van der Waals surface area contributed by atoms with E-state index in [1.165, 1.54) is 10.5 Å². The summed E-state index contributed by atoms with van der Waals surface area (Å²) >= 11 is 1.69. The van der Waals surface area contributed by atoms with E-state index in [0.29, 0.717) is 6.61 Å². The third kappa shape index (κ3) is 5.58. The SMILES string of the molecule is CSc1ccc(C(=O)C2CCCN(Cc3ccc(OCCO)cc3)C2)cc1. The first kappa shape index (κ1) is 19.9. The van der Waals surface area contributed by atoms with E-state index >= 15 is 0 Å². The number of carbonyl (C=O) groups excluding carboxylic acids is 1. The predicted octanol–water partition coefficient (Wildman–Crippen LogP) is 3.87. The van der Waals surface area contributed by atoms with Crippen LogP contribution in [0.3, 0.4) is 0 Å². The Morgan fingerprint density at radius 3 is 2.59 bits per heavy atom. The highest BCUT2D eigenvalue weighted by molar-refractivity contribution is 7.98. The van der Waals surface area contributed by atoms with Crippen LogP contribution in [0, 0.1) is 5.92 Å². The van der Waals surface area contributed by atoms with Crippen LogP contribution in [0.5, 0.6) is 5.75 Å². The van der Waals surface area contributed by atoms with Crippen LogP contribution < -0.4 is 4.74 Å². The normalized spacial score (nSPS) is 17.6. The van der Waals surface area contributed by atoms with Crippen molar-refractivity contribution < 1.29 is 14.6 Å². The molecule has 1 saturated heterocycles. The molecule has 1 heterocycles. The van der Waals surface area contributed by atoms with E-state index in [-0.39, 0.29) is 18.3 Å². The third-order valence-corrected chi connectivity index (χ3v) is 5.68. The molecule has 1 aliphatic heterocycles. The summed E-state index contributed by atoms with van der Waals surface area (Å²) < 4.78 is 5.40. The van der Waals surface area contributed by atoms with E-state index in [0.717, 1.165) is 43.8 Å². The molecule has 144 valence electrons. The van der Waals surface area contributed by atoms with Gasteiger partial charge in [-0.05, 0) is 55.5 Å². The average Bonchev–Trinajstić information content (AvgIpc) is 2.73. The number of hydrogen-bond acceptors (Lipinski definition) is 5. The maximum atomic E-state index is 12.9. The topological polar surface area (TPSA) is 49.8 Å². The van der Waals surface area contributed by atoms with Crippen LogP contribution in [0.2, 0.25) is 0 Å². The number of nitrogens with zero attached hydrogens (tertiary/aromatic N) is 1. The minimum absolute atomic E-state index is 0.0188. The van der Waals surface area contributed by atoms with Crippen LogP contribution in [-0.4, -0.2) is 48.3 Å². The van der Waals surface area contributed by atoms with Crippen molar-refractivity contribution in [2.75, 3.05) is 32.6 Å².